The number of halogens is 1. The van der Waals surface area contributed by atoms with E-state index in [0.717, 1.165) is 23.5 Å². The third-order valence-electron chi connectivity index (χ3n) is 3.71. The summed E-state index contributed by atoms with van der Waals surface area (Å²) in [4.78, 5) is 2.44. The molecule has 2 atom stereocenters. The van der Waals surface area contributed by atoms with E-state index in [1.54, 1.807) is 0 Å². The molecule has 0 spiro atoms. The molecule has 2 rings (SSSR count). The van der Waals surface area contributed by atoms with E-state index < -0.39 is 0 Å². The van der Waals surface area contributed by atoms with E-state index >= 15 is 0 Å². The predicted molar refractivity (Wildman–Crippen MR) is 82.0 cm³/mol. The molecular weight excluding hydrogens is 288 g/mol. The Hall–Kier alpha value is -0.540. The summed E-state index contributed by atoms with van der Waals surface area (Å²) >= 11 is 3.54. The first-order valence-corrected chi connectivity index (χ1v) is 7.74. The molecule has 100 valence electrons. The Bertz CT molecular complexity index is 381. The van der Waals surface area contributed by atoms with E-state index in [9.17, 15) is 0 Å². The molecule has 2 unspecified atom stereocenters. The van der Waals surface area contributed by atoms with Crippen LogP contribution in [0.1, 0.15) is 32.6 Å². The number of piperidine rings is 1. The molecule has 0 saturated carbocycles. The molecule has 0 aromatic heterocycles. The highest BCUT2D eigenvalue weighted by Gasteiger charge is 2.24. The lowest BCUT2D eigenvalue weighted by atomic mass is 9.90. The molecule has 18 heavy (non-hydrogen) atoms. The lowest BCUT2D eigenvalue weighted by Crippen LogP contribution is -2.47. The Morgan fingerprint density at radius 3 is 2.94 bits per heavy atom. The van der Waals surface area contributed by atoms with Gasteiger partial charge in [-0.05, 0) is 37.0 Å². The van der Waals surface area contributed by atoms with Crippen molar-refractivity contribution in [1.29, 1.82) is 0 Å². The number of unbranched alkanes of at least 4 members (excludes halogenated alkanes) is 1. The minimum atomic E-state index is 0.319. The lowest BCUT2D eigenvalue weighted by Gasteiger charge is -2.38. The average molecular weight is 311 g/mol. The maximum Gasteiger partial charge on any atom is 0.0378 e. The molecule has 0 radical (unpaired) electrons. The third kappa shape index (κ3) is 3.72. The summed E-state index contributed by atoms with van der Waals surface area (Å²) < 4.78 is 1.14. The Labute approximate surface area is 119 Å². The van der Waals surface area contributed by atoms with Crippen LogP contribution in [0.2, 0.25) is 0 Å². The quantitative estimate of drug-likeness (QED) is 0.916. The second-order valence-corrected chi connectivity index (χ2v) is 6.30. The van der Waals surface area contributed by atoms with Crippen molar-refractivity contribution in [2.75, 3.05) is 18.0 Å². The van der Waals surface area contributed by atoms with E-state index in [4.69, 9.17) is 5.73 Å². The number of nitrogens with two attached hydrogens (primary N) is 1. The van der Waals surface area contributed by atoms with E-state index in [1.807, 2.05) is 0 Å². The molecule has 3 heteroatoms. The largest absolute Gasteiger partial charge is 0.370 e. The zero-order valence-electron chi connectivity index (χ0n) is 11.1. The normalized spacial score (nSPS) is 24.3. The van der Waals surface area contributed by atoms with Crippen molar-refractivity contribution in [1.82, 2.24) is 0 Å². The topological polar surface area (TPSA) is 29.3 Å². The van der Waals surface area contributed by atoms with Gasteiger partial charge in [0.1, 0.15) is 0 Å². The van der Waals surface area contributed by atoms with E-state index in [-0.39, 0.29) is 0 Å². The van der Waals surface area contributed by atoms with Gasteiger partial charge in [0.25, 0.3) is 0 Å². The van der Waals surface area contributed by atoms with E-state index in [1.165, 1.54) is 31.4 Å². The first-order valence-electron chi connectivity index (χ1n) is 6.95. The molecule has 1 saturated heterocycles. The van der Waals surface area contributed by atoms with E-state index in [2.05, 4.69) is 52.0 Å². The summed E-state index contributed by atoms with van der Waals surface area (Å²) in [5.41, 5.74) is 7.50. The number of rotatable bonds is 4. The van der Waals surface area contributed by atoms with Crippen LogP contribution < -0.4 is 10.6 Å². The van der Waals surface area contributed by atoms with Crippen LogP contribution in [0.5, 0.6) is 0 Å². The van der Waals surface area contributed by atoms with Gasteiger partial charge in [-0.1, -0.05) is 41.8 Å². The molecule has 1 aliphatic rings. The van der Waals surface area contributed by atoms with E-state index in [0.29, 0.717) is 6.04 Å². The van der Waals surface area contributed by atoms with Crippen LogP contribution in [-0.2, 0) is 0 Å². The van der Waals surface area contributed by atoms with Gasteiger partial charge in [0.05, 0.1) is 0 Å². The number of benzene rings is 1. The minimum Gasteiger partial charge on any atom is -0.370 e. The van der Waals surface area contributed by atoms with Gasteiger partial charge >= 0.3 is 0 Å². The van der Waals surface area contributed by atoms with Gasteiger partial charge in [-0.2, -0.15) is 0 Å². The molecule has 1 aromatic rings. The minimum absolute atomic E-state index is 0.319. The zero-order chi connectivity index (χ0) is 13.0. The Morgan fingerprint density at radius 1 is 1.39 bits per heavy atom. The molecule has 1 heterocycles. The van der Waals surface area contributed by atoms with Crippen molar-refractivity contribution >= 4 is 21.6 Å². The summed E-state index contributed by atoms with van der Waals surface area (Å²) in [5, 5.41) is 0. The number of hydrogen-bond donors (Lipinski definition) is 1. The van der Waals surface area contributed by atoms with Gasteiger partial charge < -0.3 is 10.6 Å². The Morgan fingerprint density at radius 2 is 2.22 bits per heavy atom. The van der Waals surface area contributed by atoms with Crippen LogP contribution in [0.15, 0.2) is 28.7 Å². The lowest BCUT2D eigenvalue weighted by molar-refractivity contribution is 0.349. The first kappa shape index (κ1) is 13.9. The number of anilines is 1. The molecule has 2 N–H and O–H groups in total. The van der Waals surface area contributed by atoms with Crippen molar-refractivity contribution in [2.24, 2.45) is 11.7 Å². The second-order valence-electron chi connectivity index (χ2n) is 5.39. The molecule has 0 aliphatic carbocycles. The Kier molecular flexibility index (Phi) is 5.07. The van der Waals surface area contributed by atoms with Gasteiger partial charge in [0, 0.05) is 29.3 Å². The van der Waals surface area contributed by atoms with Gasteiger partial charge in [-0.25, -0.2) is 0 Å². The highest BCUT2D eigenvalue weighted by molar-refractivity contribution is 9.10. The Balaban J connectivity index is 2.03. The van der Waals surface area contributed by atoms with Crippen LogP contribution in [0, 0.1) is 5.92 Å². The molecule has 0 amide bonds. The summed E-state index contributed by atoms with van der Waals surface area (Å²) in [6, 6.07) is 8.86. The van der Waals surface area contributed by atoms with Crippen LogP contribution in [0.3, 0.4) is 0 Å². The van der Waals surface area contributed by atoms with Crippen LogP contribution >= 0.6 is 15.9 Å². The van der Waals surface area contributed by atoms with Crippen LogP contribution in [0.4, 0.5) is 5.69 Å². The van der Waals surface area contributed by atoms with Crippen molar-refractivity contribution < 1.29 is 0 Å². The number of nitrogens with zero attached hydrogens (tertiary/aromatic N) is 1. The fourth-order valence-electron chi connectivity index (χ4n) is 2.83. The monoisotopic (exact) mass is 310 g/mol. The predicted octanol–water partition coefficient (Wildman–Crippen LogP) is 3.79. The third-order valence-corrected chi connectivity index (χ3v) is 4.20. The fraction of sp³-hybridized carbons (Fsp3) is 0.600. The highest BCUT2D eigenvalue weighted by atomic mass is 79.9. The van der Waals surface area contributed by atoms with Gasteiger partial charge in [-0.15, -0.1) is 0 Å². The molecule has 0 bridgehead atoms. The zero-order valence-corrected chi connectivity index (χ0v) is 12.7. The van der Waals surface area contributed by atoms with Crippen LogP contribution in [0.25, 0.3) is 0 Å². The highest BCUT2D eigenvalue weighted by Crippen LogP contribution is 2.27. The molecule has 1 aliphatic heterocycles. The van der Waals surface area contributed by atoms with Gasteiger partial charge in [-0.3, -0.25) is 0 Å². The SMILES string of the molecule is CCCCC1CC(N)CN(c2cccc(Br)c2)C1. The van der Waals surface area contributed by atoms with Gasteiger partial charge in [0.2, 0.25) is 0 Å². The summed E-state index contributed by atoms with van der Waals surface area (Å²) in [6.07, 6.45) is 5.10. The van der Waals surface area contributed by atoms with Crippen molar-refractivity contribution in [3.05, 3.63) is 28.7 Å². The smallest absolute Gasteiger partial charge is 0.0378 e. The molecule has 2 nitrogen and oxygen atoms in total. The maximum atomic E-state index is 6.21. The average Bonchev–Trinajstić information content (AvgIpc) is 2.36. The van der Waals surface area contributed by atoms with Crippen LogP contribution in [-0.4, -0.2) is 19.1 Å². The molecule has 1 fully saturated rings. The molecule has 1 aromatic carbocycles. The summed E-state index contributed by atoms with van der Waals surface area (Å²) in [6.45, 7) is 4.40. The van der Waals surface area contributed by atoms with Crippen molar-refractivity contribution in [3.63, 3.8) is 0 Å². The summed E-state index contributed by atoms with van der Waals surface area (Å²) in [7, 11) is 0. The van der Waals surface area contributed by atoms with Gasteiger partial charge in [0.15, 0.2) is 0 Å². The standard InChI is InChI=1S/C15H23BrN2/c1-2-3-5-12-8-14(17)11-18(10-12)15-7-4-6-13(16)9-15/h4,6-7,9,12,14H,2-3,5,8,10-11,17H2,1H3. The maximum absolute atomic E-state index is 6.21. The second kappa shape index (κ2) is 6.58. The first-order chi connectivity index (χ1) is 8.69. The van der Waals surface area contributed by atoms with Crippen molar-refractivity contribution in [2.45, 2.75) is 38.6 Å². The number of hydrogen-bond acceptors (Lipinski definition) is 2. The van der Waals surface area contributed by atoms with Crippen molar-refractivity contribution in [3.8, 4) is 0 Å². The summed E-state index contributed by atoms with van der Waals surface area (Å²) in [5.74, 6) is 0.757. The fourth-order valence-corrected chi connectivity index (χ4v) is 3.22. The molecular formula is C15H23BrN2.